The molecule has 2 N–H and O–H groups in total. The Morgan fingerprint density at radius 1 is 1.07 bits per heavy atom. The molecule has 0 saturated heterocycles. The molecule has 6 nitrogen and oxygen atoms in total. The SMILES string of the molecule is Cc1ccc(Cn2nc(C)c(NC(=S)NC(C)c3cn(C)nc3C)c2C)cc1. The summed E-state index contributed by atoms with van der Waals surface area (Å²) in [6.45, 7) is 11.0. The highest BCUT2D eigenvalue weighted by atomic mass is 32.1. The summed E-state index contributed by atoms with van der Waals surface area (Å²) in [4.78, 5) is 0. The molecule has 0 aliphatic carbocycles. The smallest absolute Gasteiger partial charge is 0.171 e. The van der Waals surface area contributed by atoms with Crippen molar-refractivity contribution in [2.45, 2.75) is 47.2 Å². The van der Waals surface area contributed by atoms with E-state index in [0.717, 1.165) is 34.9 Å². The second kappa shape index (κ2) is 8.14. The van der Waals surface area contributed by atoms with Gasteiger partial charge in [0.25, 0.3) is 0 Å². The van der Waals surface area contributed by atoms with Crippen molar-refractivity contribution >= 4 is 23.0 Å². The van der Waals surface area contributed by atoms with Crippen LogP contribution in [0.1, 0.15) is 46.7 Å². The minimum atomic E-state index is 0.0666. The Balaban J connectivity index is 1.70. The molecular weight excluding hydrogens is 368 g/mol. The zero-order chi connectivity index (χ0) is 20.4. The van der Waals surface area contributed by atoms with Crippen molar-refractivity contribution in [1.29, 1.82) is 0 Å². The van der Waals surface area contributed by atoms with Gasteiger partial charge in [-0.15, -0.1) is 0 Å². The van der Waals surface area contributed by atoms with Gasteiger partial charge in [-0.2, -0.15) is 10.2 Å². The molecule has 7 heteroatoms. The van der Waals surface area contributed by atoms with Crippen LogP contribution >= 0.6 is 12.2 Å². The van der Waals surface area contributed by atoms with Gasteiger partial charge in [0.15, 0.2) is 5.11 Å². The summed E-state index contributed by atoms with van der Waals surface area (Å²) in [6.07, 6.45) is 2.02. The molecular formula is C21H28N6S. The molecule has 1 aromatic carbocycles. The molecule has 0 spiro atoms. The van der Waals surface area contributed by atoms with Gasteiger partial charge in [-0.05, 0) is 52.4 Å². The van der Waals surface area contributed by atoms with Crippen molar-refractivity contribution in [1.82, 2.24) is 24.9 Å². The van der Waals surface area contributed by atoms with Crippen LogP contribution in [0.15, 0.2) is 30.5 Å². The third-order valence-electron chi connectivity index (χ3n) is 4.94. The van der Waals surface area contributed by atoms with Gasteiger partial charge in [-0.25, -0.2) is 0 Å². The van der Waals surface area contributed by atoms with Crippen molar-refractivity contribution in [3.63, 3.8) is 0 Å². The minimum absolute atomic E-state index is 0.0666. The summed E-state index contributed by atoms with van der Waals surface area (Å²) < 4.78 is 3.84. The van der Waals surface area contributed by atoms with Crippen LogP contribution in [0, 0.1) is 27.7 Å². The van der Waals surface area contributed by atoms with E-state index in [0.29, 0.717) is 5.11 Å². The fourth-order valence-electron chi connectivity index (χ4n) is 3.37. The van der Waals surface area contributed by atoms with E-state index >= 15 is 0 Å². The van der Waals surface area contributed by atoms with Gasteiger partial charge < -0.3 is 10.6 Å². The summed E-state index contributed by atoms with van der Waals surface area (Å²) in [7, 11) is 1.93. The highest BCUT2D eigenvalue weighted by molar-refractivity contribution is 7.80. The van der Waals surface area contributed by atoms with Crippen molar-refractivity contribution in [2.24, 2.45) is 7.05 Å². The van der Waals surface area contributed by atoms with E-state index in [-0.39, 0.29) is 6.04 Å². The van der Waals surface area contributed by atoms with Crippen LogP contribution < -0.4 is 10.6 Å². The Hall–Kier alpha value is -2.67. The highest BCUT2D eigenvalue weighted by Gasteiger charge is 2.16. The maximum Gasteiger partial charge on any atom is 0.171 e. The normalized spacial score (nSPS) is 12.1. The number of hydrogen-bond acceptors (Lipinski definition) is 3. The number of aromatic nitrogens is 4. The average molecular weight is 397 g/mol. The number of aryl methyl sites for hydroxylation is 4. The lowest BCUT2D eigenvalue weighted by atomic mass is 10.1. The first-order valence-corrected chi connectivity index (χ1v) is 9.82. The lowest BCUT2D eigenvalue weighted by Gasteiger charge is -2.17. The maximum atomic E-state index is 5.55. The second-order valence-electron chi connectivity index (χ2n) is 7.35. The molecule has 148 valence electrons. The number of anilines is 1. The number of thiocarbonyl (C=S) groups is 1. The Kier molecular flexibility index (Phi) is 5.84. The summed E-state index contributed by atoms with van der Waals surface area (Å²) in [5, 5.41) is 16.3. The summed E-state index contributed by atoms with van der Waals surface area (Å²) in [5.74, 6) is 0. The Labute approximate surface area is 172 Å². The van der Waals surface area contributed by atoms with E-state index < -0.39 is 0 Å². The van der Waals surface area contributed by atoms with Crippen LogP contribution in [0.5, 0.6) is 0 Å². The Morgan fingerprint density at radius 3 is 2.36 bits per heavy atom. The molecule has 0 saturated carbocycles. The topological polar surface area (TPSA) is 59.7 Å². The van der Waals surface area contributed by atoms with Gasteiger partial charge >= 0.3 is 0 Å². The van der Waals surface area contributed by atoms with Crippen molar-refractivity contribution in [3.05, 3.63) is 64.2 Å². The zero-order valence-corrected chi connectivity index (χ0v) is 18.2. The van der Waals surface area contributed by atoms with Crippen molar-refractivity contribution < 1.29 is 0 Å². The van der Waals surface area contributed by atoms with Crippen LogP contribution in [-0.2, 0) is 13.6 Å². The van der Waals surface area contributed by atoms with Crippen LogP contribution in [0.25, 0.3) is 0 Å². The number of benzene rings is 1. The lowest BCUT2D eigenvalue weighted by molar-refractivity contribution is 0.659. The molecule has 2 heterocycles. The van der Waals surface area contributed by atoms with E-state index in [4.69, 9.17) is 12.2 Å². The number of nitrogens with zero attached hydrogens (tertiary/aromatic N) is 4. The molecule has 3 aromatic rings. The van der Waals surface area contributed by atoms with Gasteiger partial charge in [-0.1, -0.05) is 29.8 Å². The monoisotopic (exact) mass is 396 g/mol. The second-order valence-corrected chi connectivity index (χ2v) is 7.76. The first kappa shape index (κ1) is 20.1. The molecule has 0 aliphatic rings. The van der Waals surface area contributed by atoms with Gasteiger partial charge in [0, 0.05) is 18.8 Å². The van der Waals surface area contributed by atoms with E-state index in [1.807, 2.05) is 36.5 Å². The molecule has 0 bridgehead atoms. The minimum Gasteiger partial charge on any atom is -0.356 e. The fraction of sp³-hybridized carbons (Fsp3) is 0.381. The molecule has 3 rings (SSSR count). The molecule has 1 atom stereocenters. The maximum absolute atomic E-state index is 5.55. The van der Waals surface area contributed by atoms with Gasteiger partial charge in [0.2, 0.25) is 0 Å². The molecule has 0 aliphatic heterocycles. The van der Waals surface area contributed by atoms with Crippen LogP contribution in [0.4, 0.5) is 5.69 Å². The quantitative estimate of drug-likeness (QED) is 0.640. The number of rotatable bonds is 5. The number of hydrogen-bond donors (Lipinski definition) is 2. The fourth-order valence-corrected chi connectivity index (χ4v) is 3.64. The van der Waals surface area contributed by atoms with Gasteiger partial charge in [0.05, 0.1) is 35.4 Å². The van der Waals surface area contributed by atoms with Crippen LogP contribution in [0.2, 0.25) is 0 Å². The first-order valence-electron chi connectivity index (χ1n) is 9.41. The van der Waals surface area contributed by atoms with Crippen molar-refractivity contribution in [3.8, 4) is 0 Å². The molecule has 1 unspecified atom stereocenters. The third kappa shape index (κ3) is 4.42. The molecule has 2 aromatic heterocycles. The molecule has 28 heavy (non-hydrogen) atoms. The predicted octanol–water partition coefficient (Wildman–Crippen LogP) is 3.95. The third-order valence-corrected chi connectivity index (χ3v) is 5.16. The Bertz CT molecular complexity index is 983. The molecule has 0 fully saturated rings. The van der Waals surface area contributed by atoms with Gasteiger partial charge in [-0.3, -0.25) is 9.36 Å². The zero-order valence-electron chi connectivity index (χ0n) is 17.4. The molecule has 0 radical (unpaired) electrons. The predicted molar refractivity (Wildman–Crippen MR) is 118 cm³/mol. The highest BCUT2D eigenvalue weighted by Crippen LogP contribution is 2.21. The Morgan fingerprint density at radius 2 is 1.75 bits per heavy atom. The van der Waals surface area contributed by atoms with E-state index in [9.17, 15) is 0 Å². The standard InChI is InChI=1S/C21H28N6S/c1-13-7-9-18(10-8-13)11-27-17(5)20(16(4)25-27)23-21(28)22-14(2)19-12-26(6)24-15(19)3/h7-10,12,14H,11H2,1-6H3,(H2,22,23,28). The summed E-state index contributed by atoms with van der Waals surface area (Å²) >= 11 is 5.55. The van der Waals surface area contributed by atoms with Gasteiger partial charge in [0.1, 0.15) is 0 Å². The van der Waals surface area contributed by atoms with E-state index in [1.165, 1.54) is 11.1 Å². The van der Waals surface area contributed by atoms with E-state index in [2.05, 4.69) is 65.9 Å². The first-order chi connectivity index (χ1) is 13.2. The number of nitrogens with one attached hydrogen (secondary N) is 2. The summed E-state index contributed by atoms with van der Waals surface area (Å²) in [6, 6.07) is 8.60. The van der Waals surface area contributed by atoms with Crippen LogP contribution in [0.3, 0.4) is 0 Å². The van der Waals surface area contributed by atoms with Crippen LogP contribution in [-0.4, -0.2) is 24.7 Å². The summed E-state index contributed by atoms with van der Waals surface area (Å²) in [5.41, 5.74) is 7.57. The lowest BCUT2D eigenvalue weighted by Crippen LogP contribution is -2.31. The van der Waals surface area contributed by atoms with Crippen molar-refractivity contribution in [2.75, 3.05) is 5.32 Å². The molecule has 0 amide bonds. The largest absolute Gasteiger partial charge is 0.356 e. The van der Waals surface area contributed by atoms with E-state index in [1.54, 1.807) is 0 Å². The average Bonchev–Trinajstić information content (AvgIpc) is 3.10.